The van der Waals surface area contributed by atoms with E-state index in [9.17, 15) is 4.79 Å². The number of benzene rings is 2. The van der Waals surface area contributed by atoms with E-state index in [-0.39, 0.29) is 11.8 Å². The number of nitrogens with one attached hydrogen (secondary N) is 2. The van der Waals surface area contributed by atoms with Crippen molar-refractivity contribution < 1.29 is 4.79 Å². The highest BCUT2D eigenvalue weighted by Gasteiger charge is 2.24. The third-order valence-corrected chi connectivity index (χ3v) is 4.37. The first kappa shape index (κ1) is 14.6. The quantitative estimate of drug-likeness (QED) is 0.861. The van der Waals surface area contributed by atoms with Crippen LogP contribution in [-0.2, 0) is 11.3 Å². The molecule has 0 radical (unpaired) electrons. The Morgan fingerprint density at radius 1 is 1.05 bits per heavy atom. The Morgan fingerprint density at radius 2 is 1.73 bits per heavy atom. The molecule has 0 unspecified atom stereocenters. The second-order valence-electron chi connectivity index (χ2n) is 5.97. The first-order valence-electron chi connectivity index (χ1n) is 7.92. The summed E-state index contributed by atoms with van der Waals surface area (Å²) in [5.41, 5.74) is 4.52. The van der Waals surface area contributed by atoms with Crippen LogP contribution in [-0.4, -0.2) is 5.91 Å². The van der Waals surface area contributed by atoms with Gasteiger partial charge in [-0.25, -0.2) is 0 Å². The van der Waals surface area contributed by atoms with Crippen molar-refractivity contribution in [1.29, 1.82) is 0 Å². The number of hydrogen-bond donors (Lipinski definition) is 2. The van der Waals surface area contributed by atoms with Gasteiger partial charge in [-0.3, -0.25) is 4.79 Å². The molecule has 1 saturated carbocycles. The lowest BCUT2D eigenvalue weighted by molar-refractivity contribution is -0.122. The zero-order valence-corrected chi connectivity index (χ0v) is 12.9. The molecule has 0 aromatic heterocycles. The Morgan fingerprint density at radius 3 is 2.36 bits per heavy atom. The largest absolute Gasteiger partial charge is 0.381 e. The van der Waals surface area contributed by atoms with E-state index in [1.54, 1.807) is 0 Å². The van der Waals surface area contributed by atoms with E-state index < -0.39 is 0 Å². The molecule has 2 N–H and O–H groups in total. The average molecular weight is 294 g/mol. The van der Waals surface area contributed by atoms with Gasteiger partial charge >= 0.3 is 0 Å². The zero-order chi connectivity index (χ0) is 15.4. The van der Waals surface area contributed by atoms with Gasteiger partial charge in [-0.05, 0) is 55.2 Å². The van der Waals surface area contributed by atoms with Gasteiger partial charge in [-0.1, -0.05) is 30.7 Å². The second kappa shape index (κ2) is 6.65. The number of amides is 1. The van der Waals surface area contributed by atoms with E-state index in [0.29, 0.717) is 0 Å². The lowest BCUT2D eigenvalue weighted by atomic mass is 9.85. The van der Waals surface area contributed by atoms with Gasteiger partial charge in [0.05, 0.1) is 0 Å². The second-order valence-corrected chi connectivity index (χ2v) is 5.97. The van der Waals surface area contributed by atoms with E-state index in [2.05, 4.69) is 41.8 Å². The molecule has 0 heterocycles. The third kappa shape index (κ3) is 3.48. The van der Waals surface area contributed by atoms with E-state index in [4.69, 9.17) is 0 Å². The topological polar surface area (TPSA) is 41.1 Å². The van der Waals surface area contributed by atoms with Gasteiger partial charge in [0.1, 0.15) is 0 Å². The molecule has 3 nitrogen and oxygen atoms in total. The molecule has 1 fully saturated rings. The summed E-state index contributed by atoms with van der Waals surface area (Å²) < 4.78 is 0. The third-order valence-electron chi connectivity index (χ3n) is 4.37. The number of hydrogen-bond acceptors (Lipinski definition) is 2. The molecule has 2 aromatic rings. The highest BCUT2D eigenvalue weighted by atomic mass is 16.1. The molecular weight excluding hydrogens is 272 g/mol. The maximum absolute atomic E-state index is 11.9. The maximum atomic E-state index is 11.9. The van der Waals surface area contributed by atoms with Gasteiger partial charge in [-0.15, -0.1) is 0 Å². The Kier molecular flexibility index (Phi) is 4.42. The number of aryl methyl sites for hydroxylation is 1. The number of rotatable bonds is 5. The van der Waals surface area contributed by atoms with Crippen LogP contribution in [0.15, 0.2) is 48.5 Å². The normalized spacial score (nSPS) is 14.2. The molecule has 0 bridgehead atoms. The Balaban J connectivity index is 1.55. The van der Waals surface area contributed by atoms with E-state index >= 15 is 0 Å². The van der Waals surface area contributed by atoms with Crippen LogP contribution in [0.3, 0.4) is 0 Å². The summed E-state index contributed by atoms with van der Waals surface area (Å²) in [5.74, 6) is 0.380. The fourth-order valence-electron chi connectivity index (χ4n) is 2.59. The van der Waals surface area contributed by atoms with Crippen molar-refractivity contribution in [1.82, 2.24) is 0 Å². The SMILES string of the molecule is Cc1ccccc1CNc1ccc(NC(=O)C2CCC2)cc1. The number of carbonyl (C=O) groups excluding carboxylic acids is 1. The lowest BCUT2D eigenvalue weighted by Gasteiger charge is -2.24. The Bertz CT molecular complexity index is 645. The van der Waals surface area contributed by atoms with Crippen molar-refractivity contribution in [3.05, 3.63) is 59.7 Å². The molecule has 0 saturated heterocycles. The van der Waals surface area contributed by atoms with Gasteiger partial charge in [-0.2, -0.15) is 0 Å². The van der Waals surface area contributed by atoms with Crippen LogP contribution >= 0.6 is 0 Å². The van der Waals surface area contributed by atoms with Crippen LogP contribution in [0, 0.1) is 12.8 Å². The van der Waals surface area contributed by atoms with Gasteiger partial charge in [0.25, 0.3) is 0 Å². The number of carbonyl (C=O) groups is 1. The van der Waals surface area contributed by atoms with Crippen molar-refractivity contribution in [3.63, 3.8) is 0 Å². The fourth-order valence-corrected chi connectivity index (χ4v) is 2.59. The van der Waals surface area contributed by atoms with Crippen molar-refractivity contribution in [3.8, 4) is 0 Å². The molecule has 3 rings (SSSR count). The van der Waals surface area contributed by atoms with Crippen molar-refractivity contribution in [2.24, 2.45) is 5.92 Å². The van der Waals surface area contributed by atoms with Crippen LogP contribution in [0.1, 0.15) is 30.4 Å². The highest BCUT2D eigenvalue weighted by Crippen LogP contribution is 2.27. The molecule has 3 heteroatoms. The molecule has 0 aliphatic heterocycles. The van der Waals surface area contributed by atoms with E-state index in [0.717, 1.165) is 30.8 Å². The lowest BCUT2D eigenvalue weighted by Crippen LogP contribution is -2.27. The molecular formula is C19H22N2O. The summed E-state index contributed by atoms with van der Waals surface area (Å²) in [5, 5.41) is 6.40. The molecule has 1 aliphatic carbocycles. The van der Waals surface area contributed by atoms with Crippen LogP contribution in [0.5, 0.6) is 0 Å². The first-order chi connectivity index (χ1) is 10.7. The van der Waals surface area contributed by atoms with Crippen LogP contribution in [0.4, 0.5) is 11.4 Å². The summed E-state index contributed by atoms with van der Waals surface area (Å²) in [6.45, 7) is 2.93. The molecule has 114 valence electrons. The van der Waals surface area contributed by atoms with Gasteiger partial charge in [0.2, 0.25) is 5.91 Å². The molecule has 1 amide bonds. The van der Waals surface area contributed by atoms with Crippen molar-refractivity contribution >= 4 is 17.3 Å². The minimum absolute atomic E-state index is 0.159. The van der Waals surface area contributed by atoms with E-state index in [1.807, 2.05) is 24.3 Å². The Hall–Kier alpha value is -2.29. The smallest absolute Gasteiger partial charge is 0.227 e. The summed E-state index contributed by atoms with van der Waals surface area (Å²) in [4.78, 5) is 11.9. The van der Waals surface area contributed by atoms with Gasteiger partial charge in [0, 0.05) is 23.8 Å². The van der Waals surface area contributed by atoms with Crippen LogP contribution in [0.25, 0.3) is 0 Å². The Labute approximate surface area is 131 Å². The molecule has 0 spiro atoms. The summed E-state index contributed by atoms with van der Waals surface area (Å²) >= 11 is 0. The van der Waals surface area contributed by atoms with E-state index in [1.165, 1.54) is 17.5 Å². The maximum Gasteiger partial charge on any atom is 0.227 e. The summed E-state index contributed by atoms with van der Waals surface area (Å²) in [7, 11) is 0. The van der Waals surface area contributed by atoms with Crippen LogP contribution < -0.4 is 10.6 Å². The van der Waals surface area contributed by atoms with Crippen LogP contribution in [0.2, 0.25) is 0 Å². The average Bonchev–Trinajstić information content (AvgIpc) is 2.46. The first-order valence-corrected chi connectivity index (χ1v) is 7.92. The van der Waals surface area contributed by atoms with Crippen molar-refractivity contribution in [2.45, 2.75) is 32.7 Å². The molecule has 2 aromatic carbocycles. The van der Waals surface area contributed by atoms with Gasteiger partial charge < -0.3 is 10.6 Å². The molecule has 1 aliphatic rings. The summed E-state index contributed by atoms with van der Waals surface area (Å²) in [6.07, 6.45) is 3.24. The predicted molar refractivity (Wildman–Crippen MR) is 90.9 cm³/mol. The van der Waals surface area contributed by atoms with Gasteiger partial charge in [0.15, 0.2) is 0 Å². The predicted octanol–water partition coefficient (Wildman–Crippen LogP) is 4.35. The minimum Gasteiger partial charge on any atom is -0.381 e. The monoisotopic (exact) mass is 294 g/mol. The molecule has 22 heavy (non-hydrogen) atoms. The highest BCUT2D eigenvalue weighted by molar-refractivity contribution is 5.93. The van der Waals surface area contributed by atoms with Crippen molar-refractivity contribution in [2.75, 3.05) is 10.6 Å². The number of anilines is 2. The standard InChI is InChI=1S/C19H22N2O/c1-14-5-2-3-6-16(14)13-20-17-9-11-18(12-10-17)21-19(22)15-7-4-8-15/h2-3,5-6,9-12,15,20H,4,7-8,13H2,1H3,(H,21,22). The summed E-state index contributed by atoms with van der Waals surface area (Å²) in [6, 6.07) is 16.3. The molecule has 0 atom stereocenters. The fraction of sp³-hybridized carbons (Fsp3) is 0.316. The zero-order valence-electron chi connectivity index (χ0n) is 12.9. The minimum atomic E-state index is 0.159.